The van der Waals surface area contributed by atoms with Crippen LogP contribution in [0.5, 0.6) is 0 Å². The second kappa shape index (κ2) is 65.4. The minimum Gasteiger partial charge on any atom is -0.462 e. The first-order valence-corrected chi connectivity index (χ1v) is 33.4. The Morgan fingerprint density at radius 1 is 0.273 bits per heavy atom. The van der Waals surface area contributed by atoms with Crippen LogP contribution in [-0.4, -0.2) is 37.2 Å². The molecule has 0 aromatic heterocycles. The van der Waals surface area contributed by atoms with Crippen LogP contribution in [0.2, 0.25) is 0 Å². The molecule has 77 heavy (non-hydrogen) atoms. The maximum atomic E-state index is 12.9. The number of hydrogen-bond acceptors (Lipinski definition) is 6. The molecule has 0 saturated carbocycles. The second-order valence-electron chi connectivity index (χ2n) is 22.4. The molecule has 0 aliphatic rings. The minimum atomic E-state index is -0.808. The van der Waals surface area contributed by atoms with Crippen LogP contribution in [0.3, 0.4) is 0 Å². The Morgan fingerprint density at radius 2 is 0.519 bits per heavy atom. The first-order valence-electron chi connectivity index (χ1n) is 33.4. The summed E-state index contributed by atoms with van der Waals surface area (Å²) in [5, 5.41) is 0. The maximum absolute atomic E-state index is 12.9. The Kier molecular flexibility index (Phi) is 62.7. The Bertz CT molecular complexity index is 1420. The topological polar surface area (TPSA) is 78.9 Å². The van der Waals surface area contributed by atoms with E-state index in [1.54, 1.807) is 0 Å². The van der Waals surface area contributed by atoms with Gasteiger partial charge in [-0.1, -0.05) is 312 Å². The molecular formula is C71H126O6. The molecule has 0 heterocycles. The number of carbonyl (C=O) groups is 3. The van der Waals surface area contributed by atoms with Crippen molar-refractivity contribution in [3.05, 3.63) is 72.9 Å². The molecule has 1 atom stereocenters. The molecule has 446 valence electrons. The lowest BCUT2D eigenvalue weighted by Gasteiger charge is -2.18. The van der Waals surface area contributed by atoms with Crippen LogP contribution in [0.4, 0.5) is 0 Å². The quantitative estimate of drug-likeness (QED) is 0.0261. The summed E-state index contributed by atoms with van der Waals surface area (Å²) in [5.41, 5.74) is 0. The van der Waals surface area contributed by atoms with Crippen LogP contribution in [-0.2, 0) is 28.6 Å². The Hall–Kier alpha value is -3.15. The molecule has 0 amide bonds. The highest BCUT2D eigenvalue weighted by molar-refractivity contribution is 5.71. The van der Waals surface area contributed by atoms with E-state index in [1.807, 2.05) is 0 Å². The zero-order valence-corrected chi connectivity index (χ0v) is 51.2. The minimum absolute atomic E-state index is 0.0977. The molecule has 0 aromatic carbocycles. The van der Waals surface area contributed by atoms with Crippen LogP contribution < -0.4 is 0 Å². The van der Waals surface area contributed by atoms with Crippen molar-refractivity contribution in [2.45, 2.75) is 348 Å². The molecule has 0 saturated heterocycles. The van der Waals surface area contributed by atoms with Gasteiger partial charge in [-0.15, -0.1) is 0 Å². The van der Waals surface area contributed by atoms with Crippen LogP contribution >= 0.6 is 0 Å². The van der Waals surface area contributed by atoms with Crippen molar-refractivity contribution in [2.75, 3.05) is 13.2 Å². The molecule has 0 aromatic rings. The van der Waals surface area contributed by atoms with Gasteiger partial charge in [-0.3, -0.25) is 14.4 Å². The van der Waals surface area contributed by atoms with Gasteiger partial charge >= 0.3 is 17.9 Å². The van der Waals surface area contributed by atoms with Crippen molar-refractivity contribution < 1.29 is 28.6 Å². The van der Waals surface area contributed by atoms with E-state index >= 15 is 0 Å². The average Bonchev–Trinajstić information content (AvgIpc) is 3.43. The van der Waals surface area contributed by atoms with E-state index in [0.29, 0.717) is 19.3 Å². The number of esters is 3. The van der Waals surface area contributed by atoms with Crippen molar-refractivity contribution in [2.24, 2.45) is 0 Å². The smallest absolute Gasteiger partial charge is 0.306 e. The van der Waals surface area contributed by atoms with Crippen LogP contribution in [0.15, 0.2) is 72.9 Å². The molecule has 6 nitrogen and oxygen atoms in total. The summed E-state index contributed by atoms with van der Waals surface area (Å²) in [7, 11) is 0. The number of allylic oxidation sites excluding steroid dienone is 12. The van der Waals surface area contributed by atoms with Crippen molar-refractivity contribution >= 4 is 17.9 Å². The largest absolute Gasteiger partial charge is 0.462 e. The summed E-state index contributed by atoms with van der Waals surface area (Å²) in [6.07, 6.45) is 85.1. The SMILES string of the molecule is CC/C=C\C/C=C\C/C=C\C/C=C\C/C=C\CCCC(=O)OC(COC(=O)CCCCCCC/C=C\CCCCCCCC)COC(=O)CCCCCCCCCCCCCCCCCCCCCCCCCCCCC. The molecule has 0 spiro atoms. The first-order chi connectivity index (χ1) is 38.0. The second-order valence-corrected chi connectivity index (χ2v) is 22.4. The zero-order valence-electron chi connectivity index (χ0n) is 51.2. The van der Waals surface area contributed by atoms with E-state index in [1.165, 1.54) is 212 Å². The predicted octanol–water partition coefficient (Wildman–Crippen LogP) is 22.9. The predicted molar refractivity (Wildman–Crippen MR) is 335 cm³/mol. The molecule has 0 N–H and O–H groups in total. The molecule has 0 bridgehead atoms. The first kappa shape index (κ1) is 73.8. The third kappa shape index (κ3) is 63.6. The van der Waals surface area contributed by atoms with Gasteiger partial charge in [0.05, 0.1) is 0 Å². The van der Waals surface area contributed by atoms with Gasteiger partial charge in [0.2, 0.25) is 0 Å². The summed E-state index contributed by atoms with van der Waals surface area (Å²) in [5.74, 6) is -0.949. The molecule has 6 heteroatoms. The monoisotopic (exact) mass is 1070 g/mol. The lowest BCUT2D eigenvalue weighted by atomic mass is 10.0. The highest BCUT2D eigenvalue weighted by Gasteiger charge is 2.19. The van der Waals surface area contributed by atoms with E-state index in [4.69, 9.17) is 14.2 Å². The summed E-state index contributed by atoms with van der Waals surface area (Å²) in [6, 6.07) is 0. The average molecular weight is 1080 g/mol. The standard InChI is InChI=1S/C71H126O6/c1-4-7-10-13-16-19-22-25-28-30-31-32-33-34-35-36-37-38-39-41-43-46-49-52-55-58-61-64-70(73)76-67-68(66-75-69(72)63-60-57-54-51-48-45-42-27-24-21-18-15-12-9-6-3)77-71(74)65-62-59-56-53-50-47-44-40-29-26-23-20-17-14-11-8-5-2/h8,11,17,20,26-27,29,42,44,47,53,56,68H,4-7,9-10,12-16,18-19,21-25,28,30-41,43,45-46,48-52,54-55,57-67H2,1-3H3/b11-8-,20-17-,29-26-,42-27-,47-44-,56-53-. The molecule has 0 aliphatic heterocycles. The lowest BCUT2D eigenvalue weighted by Crippen LogP contribution is -2.30. The van der Waals surface area contributed by atoms with Gasteiger partial charge in [-0.2, -0.15) is 0 Å². The van der Waals surface area contributed by atoms with Crippen molar-refractivity contribution in [3.8, 4) is 0 Å². The number of ether oxygens (including phenoxy) is 3. The Labute approximate surface area is 478 Å². The fourth-order valence-electron chi connectivity index (χ4n) is 9.71. The van der Waals surface area contributed by atoms with E-state index in [0.717, 1.165) is 83.5 Å². The Balaban J connectivity index is 4.30. The molecule has 0 fully saturated rings. The summed E-state index contributed by atoms with van der Waals surface area (Å²) in [4.78, 5) is 38.3. The molecule has 1 unspecified atom stereocenters. The van der Waals surface area contributed by atoms with Crippen molar-refractivity contribution in [3.63, 3.8) is 0 Å². The highest BCUT2D eigenvalue weighted by atomic mass is 16.6. The van der Waals surface area contributed by atoms with Crippen molar-refractivity contribution in [1.29, 1.82) is 0 Å². The normalized spacial score (nSPS) is 12.5. The fraction of sp³-hybridized carbons (Fsp3) is 0.789. The zero-order chi connectivity index (χ0) is 55.7. The molecule has 0 rings (SSSR count). The van der Waals surface area contributed by atoms with E-state index in [-0.39, 0.29) is 37.5 Å². The molecule has 0 radical (unpaired) electrons. The molecular weight excluding hydrogens is 949 g/mol. The van der Waals surface area contributed by atoms with Crippen LogP contribution in [0.1, 0.15) is 342 Å². The highest BCUT2D eigenvalue weighted by Crippen LogP contribution is 2.18. The third-order valence-corrected chi connectivity index (χ3v) is 14.7. The molecule has 0 aliphatic carbocycles. The van der Waals surface area contributed by atoms with Gasteiger partial charge in [0.1, 0.15) is 13.2 Å². The van der Waals surface area contributed by atoms with Gasteiger partial charge in [0.25, 0.3) is 0 Å². The van der Waals surface area contributed by atoms with Gasteiger partial charge in [-0.25, -0.2) is 0 Å². The van der Waals surface area contributed by atoms with Gasteiger partial charge < -0.3 is 14.2 Å². The Morgan fingerprint density at radius 3 is 0.844 bits per heavy atom. The van der Waals surface area contributed by atoms with E-state index in [9.17, 15) is 14.4 Å². The maximum Gasteiger partial charge on any atom is 0.306 e. The van der Waals surface area contributed by atoms with Gasteiger partial charge in [0, 0.05) is 19.3 Å². The number of unbranched alkanes of at least 4 members (excludes halogenated alkanes) is 38. The fourth-order valence-corrected chi connectivity index (χ4v) is 9.71. The van der Waals surface area contributed by atoms with Crippen LogP contribution in [0, 0.1) is 0 Å². The summed E-state index contributed by atoms with van der Waals surface area (Å²) in [6.45, 7) is 6.51. The van der Waals surface area contributed by atoms with E-state index in [2.05, 4.69) is 93.7 Å². The lowest BCUT2D eigenvalue weighted by molar-refractivity contribution is -0.167. The summed E-state index contributed by atoms with van der Waals surface area (Å²) < 4.78 is 16.9. The number of hydrogen-bond donors (Lipinski definition) is 0. The van der Waals surface area contributed by atoms with E-state index < -0.39 is 6.10 Å². The van der Waals surface area contributed by atoms with Gasteiger partial charge in [-0.05, 0) is 83.5 Å². The third-order valence-electron chi connectivity index (χ3n) is 14.7. The number of rotatable bonds is 61. The van der Waals surface area contributed by atoms with Crippen molar-refractivity contribution in [1.82, 2.24) is 0 Å². The summed E-state index contributed by atoms with van der Waals surface area (Å²) >= 11 is 0. The number of carbonyl (C=O) groups excluding carboxylic acids is 3. The van der Waals surface area contributed by atoms with Gasteiger partial charge in [0.15, 0.2) is 6.10 Å². The van der Waals surface area contributed by atoms with Crippen LogP contribution in [0.25, 0.3) is 0 Å².